The predicted molar refractivity (Wildman–Crippen MR) is 63.9 cm³/mol. The molecule has 0 aliphatic carbocycles. The van der Waals surface area contributed by atoms with E-state index in [1.54, 1.807) is 6.92 Å². The van der Waals surface area contributed by atoms with Crippen molar-refractivity contribution in [2.75, 3.05) is 7.11 Å². The Morgan fingerprint density at radius 2 is 1.83 bits per heavy atom. The molecule has 0 spiro atoms. The van der Waals surface area contributed by atoms with Gasteiger partial charge in [0.25, 0.3) is 0 Å². The number of carbonyl (C=O) groups is 2. The van der Waals surface area contributed by atoms with E-state index in [9.17, 15) is 14.4 Å². The molecule has 0 bridgehead atoms. The molecule has 0 heterocycles. The molecule has 2 amide bonds. The SMILES string of the molecule is CC(C)CC(N[C-]=O)C(=O)NC(C)C=O.CO.[Fm]. The smallest absolute Gasteiger partial charge is 0.240 e. The Morgan fingerprint density at radius 1 is 1.33 bits per heavy atom. The molecular weight excluding hydrogens is 481 g/mol. The molecule has 0 saturated heterocycles. The first-order valence-corrected chi connectivity index (χ1v) is 5.34. The number of aliphatic hydroxyl groups is 1. The van der Waals surface area contributed by atoms with Crippen LogP contribution in [0.2, 0.25) is 0 Å². The van der Waals surface area contributed by atoms with Crippen molar-refractivity contribution in [1.82, 2.24) is 10.6 Å². The van der Waals surface area contributed by atoms with Gasteiger partial charge >= 0.3 is 0 Å². The minimum absolute atomic E-state index is 0. The summed E-state index contributed by atoms with van der Waals surface area (Å²) in [5.74, 6) is -0.0835. The fraction of sp³-hybridized carbons (Fsp3) is 0.727. The van der Waals surface area contributed by atoms with E-state index in [1.165, 1.54) is 6.41 Å². The molecule has 7 heteroatoms. The van der Waals surface area contributed by atoms with Gasteiger partial charge in [0.15, 0.2) is 0 Å². The van der Waals surface area contributed by atoms with E-state index in [4.69, 9.17) is 5.11 Å². The normalized spacial score (nSPS) is 12.1. The Labute approximate surface area is 102 Å². The van der Waals surface area contributed by atoms with Gasteiger partial charge in [0, 0.05) is 7.11 Å². The molecule has 0 aliphatic heterocycles. The van der Waals surface area contributed by atoms with Gasteiger partial charge in [-0.25, -0.2) is 0 Å². The van der Waals surface area contributed by atoms with Crippen molar-refractivity contribution >= 4 is 18.6 Å². The molecule has 6 nitrogen and oxygen atoms in total. The molecule has 0 fully saturated rings. The Balaban J connectivity index is -0.000000709. The fourth-order valence-electron chi connectivity index (χ4n) is 1.13. The van der Waals surface area contributed by atoms with Gasteiger partial charge in [-0.15, -0.1) is 0 Å². The van der Waals surface area contributed by atoms with Gasteiger partial charge in [-0.05, 0) is 19.3 Å². The molecule has 0 aliphatic rings. The Kier molecular flexibility index (Phi) is 14.7. The van der Waals surface area contributed by atoms with Crippen molar-refractivity contribution in [2.45, 2.75) is 39.3 Å². The van der Waals surface area contributed by atoms with Gasteiger partial charge in [0.1, 0.15) is 6.29 Å². The van der Waals surface area contributed by atoms with Crippen LogP contribution in [0.5, 0.6) is 0 Å². The van der Waals surface area contributed by atoms with Crippen molar-refractivity contribution < 1.29 is 19.5 Å². The maximum Gasteiger partial charge on any atom is 0.240 e. The first-order chi connectivity index (χ1) is 8.01. The fourth-order valence-corrected chi connectivity index (χ4v) is 1.13. The van der Waals surface area contributed by atoms with Crippen LogP contribution in [-0.2, 0) is 14.4 Å². The summed E-state index contributed by atoms with van der Waals surface area (Å²) in [5, 5.41) is 11.8. The van der Waals surface area contributed by atoms with Gasteiger partial charge in [-0.1, -0.05) is 13.8 Å². The minimum atomic E-state index is -0.620. The van der Waals surface area contributed by atoms with Crippen LogP contribution in [0.3, 0.4) is 0 Å². The maximum absolute atomic E-state index is 11.5. The van der Waals surface area contributed by atoms with Gasteiger partial charge in [-0.2, -0.15) is 6.41 Å². The Bertz CT molecular complexity index is 237. The number of rotatable bonds is 7. The van der Waals surface area contributed by atoms with E-state index in [2.05, 4.69) is 10.6 Å². The van der Waals surface area contributed by atoms with Gasteiger partial charge < -0.3 is 25.3 Å². The molecule has 0 saturated carbocycles. The first-order valence-electron chi connectivity index (χ1n) is 5.34. The molecule has 112 valence electrons. The van der Waals surface area contributed by atoms with E-state index in [0.717, 1.165) is 7.11 Å². The number of nitrogens with one attached hydrogen (secondary N) is 2. The van der Waals surface area contributed by atoms with E-state index in [1.807, 2.05) is 13.8 Å². The number of aldehydes is 1. The molecule has 0 radical (unpaired) electrons. The van der Waals surface area contributed by atoms with Crippen molar-refractivity contribution in [1.29, 1.82) is 0 Å². The van der Waals surface area contributed by atoms with Crippen LogP contribution in [0, 0.1) is 5.92 Å². The van der Waals surface area contributed by atoms with Gasteiger partial charge in [0.2, 0.25) is 5.91 Å². The second-order valence-corrected chi connectivity index (χ2v) is 3.86. The summed E-state index contributed by atoms with van der Waals surface area (Å²) in [5.41, 5.74) is 0. The molecule has 2 unspecified atom stereocenters. The van der Waals surface area contributed by atoms with Crippen LogP contribution < -0.4 is 10.6 Å². The molecule has 18 heavy (non-hydrogen) atoms. The van der Waals surface area contributed by atoms with E-state index >= 15 is 0 Å². The number of aliphatic hydroxyl groups excluding tert-OH is 1. The summed E-state index contributed by atoms with van der Waals surface area (Å²) in [7, 11) is 1.00. The summed E-state index contributed by atoms with van der Waals surface area (Å²) < 4.78 is 0. The van der Waals surface area contributed by atoms with Gasteiger partial charge in [0.05, 0.1) is 12.1 Å². The third-order valence-corrected chi connectivity index (χ3v) is 1.83. The predicted octanol–water partition coefficient (Wildman–Crippen LogP) is -0.630. The zero-order valence-electron chi connectivity index (χ0n) is 11.0. The van der Waals surface area contributed by atoms with Crippen LogP contribution in [0.1, 0.15) is 27.2 Å². The maximum atomic E-state index is 11.5. The molecule has 0 aromatic rings. The minimum Gasteiger partial charge on any atom is -0.520 e. The second kappa shape index (κ2) is 12.6. The zero-order chi connectivity index (χ0) is 13.8. The summed E-state index contributed by atoms with van der Waals surface area (Å²) >= 11 is 0. The van der Waals surface area contributed by atoms with Crippen molar-refractivity contribution in [3.05, 3.63) is 0 Å². The first kappa shape index (κ1) is 20.9. The molecule has 0 rings (SSSR count). The van der Waals surface area contributed by atoms with E-state index < -0.39 is 12.1 Å². The third-order valence-electron chi connectivity index (χ3n) is 1.83. The number of hydrogen-bond donors (Lipinski definition) is 3. The average Bonchev–Trinajstić information content (AvgIpc) is 2.30. The van der Waals surface area contributed by atoms with Crippen molar-refractivity contribution in [3.63, 3.8) is 0 Å². The average molecular weight is 502 g/mol. The zero-order valence-corrected chi connectivity index (χ0v) is 13.4. The molecule has 3 N–H and O–H groups in total. The van der Waals surface area contributed by atoms with Crippen LogP contribution in [0.25, 0.3) is 0 Å². The summed E-state index contributed by atoms with van der Waals surface area (Å²) in [6.07, 6.45) is 2.65. The third kappa shape index (κ3) is 10.1. The second-order valence-electron chi connectivity index (χ2n) is 3.86. The van der Waals surface area contributed by atoms with Crippen LogP contribution in [-0.4, -0.2) is 42.9 Å². The largest absolute Gasteiger partial charge is 0.520 e. The van der Waals surface area contributed by atoms with Crippen molar-refractivity contribution in [2.24, 2.45) is 5.92 Å². The number of hydrogen-bond acceptors (Lipinski definition) is 4. The summed E-state index contributed by atoms with van der Waals surface area (Å²) in [4.78, 5) is 32.0. The standard InChI is InChI=1S/C10H17N2O3.CH4O.Fm/c1-7(2)4-9(11-6-14)10(15)12-8(3)5-13;1-2;/h5,7-9H,4H2,1-3H3,(H,11,14)(H,12,15);2H,1H3;/q-1;;. The molecule has 2 atom stereocenters. The molecular formula is C11H21FmN2O4-. The Morgan fingerprint density at radius 3 is 2.17 bits per heavy atom. The quantitative estimate of drug-likeness (QED) is 0.246. The Hall–Kier alpha value is -2.43. The number of amides is 2. The molecule has 0 aromatic heterocycles. The monoisotopic (exact) mass is 502 g/mol. The van der Waals surface area contributed by atoms with Gasteiger partial charge in [-0.3, -0.25) is 4.79 Å². The summed E-state index contributed by atoms with van der Waals surface area (Å²) in [6, 6.07) is -1.16. The van der Waals surface area contributed by atoms with Crippen LogP contribution in [0.15, 0.2) is 0 Å². The van der Waals surface area contributed by atoms with Crippen LogP contribution in [0.4, 0.5) is 0 Å². The van der Waals surface area contributed by atoms with E-state index in [0.29, 0.717) is 12.7 Å². The summed E-state index contributed by atoms with van der Waals surface area (Å²) in [6.45, 7) is 5.45. The van der Waals surface area contributed by atoms with Crippen LogP contribution >= 0.6 is 0 Å². The number of carbonyl (C=O) groups excluding carboxylic acids is 3. The van der Waals surface area contributed by atoms with Crippen molar-refractivity contribution in [3.8, 4) is 0 Å². The van der Waals surface area contributed by atoms with E-state index in [-0.39, 0.29) is 11.8 Å². The topological polar surface area (TPSA) is 95.5 Å². The molecule has 0 aromatic carbocycles.